The second-order valence-electron chi connectivity index (χ2n) is 4.13. The summed E-state index contributed by atoms with van der Waals surface area (Å²) in [6, 6.07) is 8.33. The van der Waals surface area contributed by atoms with Crippen LogP contribution in [0, 0.1) is 0 Å². The molecule has 0 spiro atoms. The zero-order valence-corrected chi connectivity index (χ0v) is 9.35. The van der Waals surface area contributed by atoms with Crippen LogP contribution in [0.5, 0.6) is 0 Å². The maximum absolute atomic E-state index is 6.02. The van der Waals surface area contributed by atoms with Gasteiger partial charge >= 0.3 is 0 Å². The van der Waals surface area contributed by atoms with E-state index in [1.165, 1.54) is 24.8 Å². The molecule has 0 bridgehead atoms. The molecule has 2 heteroatoms. The van der Waals surface area contributed by atoms with E-state index in [2.05, 4.69) is 30.4 Å². The SMILES string of the molecule is CC[NH2+]C1(c2cccc(Cl)c2)CCC1. The smallest absolute Gasteiger partial charge is 0.122 e. The predicted molar refractivity (Wildman–Crippen MR) is 59.4 cm³/mol. The largest absolute Gasteiger partial charge is 0.338 e. The average Bonchev–Trinajstić information content (AvgIpc) is 2.11. The Morgan fingerprint density at radius 2 is 2.21 bits per heavy atom. The molecule has 0 radical (unpaired) electrons. The Morgan fingerprint density at radius 3 is 2.71 bits per heavy atom. The molecule has 1 aromatic rings. The van der Waals surface area contributed by atoms with Crippen molar-refractivity contribution >= 4 is 11.6 Å². The first kappa shape index (κ1) is 10.0. The summed E-state index contributed by atoms with van der Waals surface area (Å²) in [6.45, 7) is 3.36. The molecule has 1 aromatic carbocycles. The van der Waals surface area contributed by atoms with E-state index in [4.69, 9.17) is 11.6 Å². The Hall–Kier alpha value is -0.530. The molecule has 1 saturated carbocycles. The zero-order chi connectivity index (χ0) is 10.0. The number of nitrogens with two attached hydrogens (primary N) is 1. The summed E-state index contributed by atoms with van der Waals surface area (Å²) in [5.41, 5.74) is 1.75. The van der Waals surface area contributed by atoms with Crippen LogP contribution in [0.15, 0.2) is 24.3 Å². The lowest BCUT2D eigenvalue weighted by Gasteiger charge is -2.39. The van der Waals surface area contributed by atoms with Gasteiger partial charge in [-0.25, -0.2) is 0 Å². The van der Waals surface area contributed by atoms with Gasteiger partial charge in [-0.05, 0) is 25.5 Å². The van der Waals surface area contributed by atoms with Gasteiger partial charge in [0.2, 0.25) is 0 Å². The van der Waals surface area contributed by atoms with Crippen LogP contribution in [0.1, 0.15) is 31.7 Å². The highest BCUT2D eigenvalue weighted by Gasteiger charge is 2.41. The lowest BCUT2D eigenvalue weighted by Crippen LogP contribution is -2.96. The highest BCUT2D eigenvalue weighted by atomic mass is 35.5. The van der Waals surface area contributed by atoms with E-state index in [-0.39, 0.29) is 0 Å². The fourth-order valence-electron chi connectivity index (χ4n) is 2.36. The van der Waals surface area contributed by atoms with Gasteiger partial charge in [0.1, 0.15) is 5.54 Å². The third kappa shape index (κ3) is 1.67. The molecule has 0 atom stereocenters. The molecule has 0 aromatic heterocycles. The molecule has 0 saturated heterocycles. The van der Waals surface area contributed by atoms with E-state index >= 15 is 0 Å². The van der Waals surface area contributed by atoms with Crippen LogP contribution in [0.4, 0.5) is 0 Å². The van der Waals surface area contributed by atoms with Crippen LogP contribution in [0.2, 0.25) is 5.02 Å². The minimum Gasteiger partial charge on any atom is -0.338 e. The first-order valence-electron chi connectivity index (χ1n) is 5.37. The van der Waals surface area contributed by atoms with Crippen LogP contribution >= 0.6 is 11.6 Å². The summed E-state index contributed by atoms with van der Waals surface area (Å²) in [5, 5.41) is 3.31. The van der Waals surface area contributed by atoms with Crippen LogP contribution in [-0.2, 0) is 5.54 Å². The zero-order valence-electron chi connectivity index (χ0n) is 8.59. The number of hydrogen-bond acceptors (Lipinski definition) is 0. The summed E-state index contributed by atoms with van der Waals surface area (Å²) in [6.07, 6.45) is 3.94. The van der Waals surface area contributed by atoms with Crippen molar-refractivity contribution in [3.05, 3.63) is 34.9 Å². The van der Waals surface area contributed by atoms with E-state index in [0.29, 0.717) is 5.54 Å². The fraction of sp³-hybridized carbons (Fsp3) is 0.500. The van der Waals surface area contributed by atoms with E-state index in [0.717, 1.165) is 11.6 Å². The predicted octanol–water partition coefficient (Wildman–Crippen LogP) is 2.30. The van der Waals surface area contributed by atoms with E-state index < -0.39 is 0 Å². The van der Waals surface area contributed by atoms with Crippen molar-refractivity contribution < 1.29 is 5.32 Å². The Morgan fingerprint density at radius 1 is 1.43 bits per heavy atom. The van der Waals surface area contributed by atoms with Gasteiger partial charge in [-0.2, -0.15) is 0 Å². The maximum atomic E-state index is 6.02. The average molecular weight is 211 g/mol. The van der Waals surface area contributed by atoms with Crippen LogP contribution in [-0.4, -0.2) is 6.54 Å². The quantitative estimate of drug-likeness (QED) is 0.789. The molecule has 76 valence electrons. The highest BCUT2D eigenvalue weighted by molar-refractivity contribution is 6.30. The van der Waals surface area contributed by atoms with E-state index in [1.807, 2.05) is 6.07 Å². The lowest BCUT2D eigenvalue weighted by molar-refractivity contribution is -0.746. The molecule has 2 rings (SSSR count). The van der Waals surface area contributed by atoms with Crippen LogP contribution < -0.4 is 5.32 Å². The second kappa shape index (κ2) is 3.92. The van der Waals surface area contributed by atoms with Gasteiger partial charge in [0.25, 0.3) is 0 Å². The van der Waals surface area contributed by atoms with Crippen LogP contribution in [0.3, 0.4) is 0 Å². The van der Waals surface area contributed by atoms with Crippen molar-refractivity contribution in [2.24, 2.45) is 0 Å². The van der Waals surface area contributed by atoms with E-state index in [9.17, 15) is 0 Å². The third-order valence-electron chi connectivity index (χ3n) is 3.24. The number of benzene rings is 1. The second-order valence-corrected chi connectivity index (χ2v) is 4.57. The summed E-state index contributed by atoms with van der Waals surface area (Å²) in [7, 11) is 0. The highest BCUT2D eigenvalue weighted by Crippen LogP contribution is 2.38. The molecule has 1 aliphatic rings. The van der Waals surface area contributed by atoms with Crippen LogP contribution in [0.25, 0.3) is 0 Å². The number of rotatable bonds is 3. The Bertz CT molecular complexity index is 318. The Balaban J connectivity index is 2.27. The Labute approximate surface area is 90.5 Å². The minimum absolute atomic E-state index is 0.347. The third-order valence-corrected chi connectivity index (χ3v) is 3.48. The monoisotopic (exact) mass is 210 g/mol. The number of hydrogen-bond donors (Lipinski definition) is 1. The van der Waals surface area contributed by atoms with Gasteiger partial charge in [-0.15, -0.1) is 0 Å². The standard InChI is InChI=1S/C12H16ClN/c1-2-14-12(7-4-8-12)10-5-3-6-11(13)9-10/h3,5-6,9,14H,2,4,7-8H2,1H3/p+1. The van der Waals surface area contributed by atoms with Gasteiger partial charge in [0.05, 0.1) is 6.54 Å². The van der Waals surface area contributed by atoms with Crippen molar-refractivity contribution in [3.63, 3.8) is 0 Å². The first-order valence-corrected chi connectivity index (χ1v) is 5.75. The molecule has 0 aliphatic heterocycles. The molecule has 1 nitrogen and oxygen atoms in total. The first-order chi connectivity index (χ1) is 6.77. The van der Waals surface area contributed by atoms with Crippen molar-refractivity contribution in [3.8, 4) is 0 Å². The van der Waals surface area contributed by atoms with Crippen molar-refractivity contribution in [1.82, 2.24) is 0 Å². The fourth-order valence-corrected chi connectivity index (χ4v) is 2.55. The molecule has 0 amide bonds. The van der Waals surface area contributed by atoms with Crippen molar-refractivity contribution in [2.75, 3.05) is 6.54 Å². The molecule has 0 unspecified atom stereocenters. The Kier molecular flexibility index (Phi) is 2.80. The molecule has 2 N–H and O–H groups in total. The van der Waals surface area contributed by atoms with Gasteiger partial charge < -0.3 is 5.32 Å². The van der Waals surface area contributed by atoms with Gasteiger partial charge in [-0.3, -0.25) is 0 Å². The van der Waals surface area contributed by atoms with Gasteiger partial charge in [0.15, 0.2) is 0 Å². The van der Waals surface area contributed by atoms with Gasteiger partial charge in [-0.1, -0.05) is 23.7 Å². The molecule has 0 heterocycles. The number of halogens is 1. The van der Waals surface area contributed by atoms with Crippen molar-refractivity contribution in [1.29, 1.82) is 0 Å². The summed E-state index contributed by atoms with van der Waals surface area (Å²) >= 11 is 6.02. The van der Waals surface area contributed by atoms with E-state index in [1.54, 1.807) is 0 Å². The summed E-state index contributed by atoms with van der Waals surface area (Å²) in [4.78, 5) is 0. The molecular weight excluding hydrogens is 194 g/mol. The maximum Gasteiger partial charge on any atom is 0.122 e. The normalized spacial score (nSPS) is 19.0. The lowest BCUT2D eigenvalue weighted by atomic mass is 9.72. The summed E-state index contributed by atoms with van der Waals surface area (Å²) < 4.78 is 0. The molecule has 1 fully saturated rings. The minimum atomic E-state index is 0.347. The molecule has 14 heavy (non-hydrogen) atoms. The number of quaternary nitrogens is 1. The van der Waals surface area contributed by atoms with Crippen molar-refractivity contribution in [2.45, 2.75) is 31.7 Å². The molecule has 1 aliphatic carbocycles. The molecular formula is C12H17ClN+. The topological polar surface area (TPSA) is 16.6 Å². The van der Waals surface area contributed by atoms with Gasteiger partial charge in [0, 0.05) is 23.4 Å². The summed E-state index contributed by atoms with van der Waals surface area (Å²) in [5.74, 6) is 0.